The summed E-state index contributed by atoms with van der Waals surface area (Å²) in [5.74, 6) is -0.0376. The molecule has 4 rings (SSSR count). The van der Waals surface area contributed by atoms with Crippen molar-refractivity contribution < 1.29 is 32.9 Å². The minimum atomic E-state index is -0.401. The van der Waals surface area contributed by atoms with E-state index in [1.54, 1.807) is 41.3 Å². The van der Waals surface area contributed by atoms with Gasteiger partial charge in [0.25, 0.3) is 0 Å². The van der Waals surface area contributed by atoms with Gasteiger partial charge in [0.15, 0.2) is 0 Å². The molecule has 2 aliphatic heterocycles. The number of hydrogen-bond acceptors (Lipinski definition) is 6. The summed E-state index contributed by atoms with van der Waals surface area (Å²) in [7, 11) is 1.34. The Kier molecular flexibility index (Phi) is 7.02. The number of rotatable bonds is 6. The summed E-state index contributed by atoms with van der Waals surface area (Å²) in [5.41, 5.74) is 1.38. The fourth-order valence-electron chi connectivity index (χ4n) is 3.89. The van der Waals surface area contributed by atoms with Gasteiger partial charge in [-0.2, -0.15) is 0 Å². The first-order chi connectivity index (χ1) is 15.5. The number of likely N-dealkylation sites (tertiary alicyclic amines) is 1. The largest absolute Gasteiger partial charge is 0.486 e. The van der Waals surface area contributed by atoms with Crippen LogP contribution in [0.5, 0.6) is 5.75 Å². The molecule has 0 spiro atoms. The molecular weight excluding hydrogens is 417 g/mol. The average molecular weight is 443 g/mol. The van der Waals surface area contributed by atoms with Crippen LogP contribution in [0.2, 0.25) is 0 Å². The van der Waals surface area contributed by atoms with Gasteiger partial charge in [-0.25, -0.2) is 9.18 Å². The maximum atomic E-state index is 13.0. The lowest BCUT2D eigenvalue weighted by Gasteiger charge is -2.20. The molecule has 1 amide bonds. The van der Waals surface area contributed by atoms with Crippen molar-refractivity contribution in [2.24, 2.45) is 0 Å². The number of esters is 1. The first kappa shape index (κ1) is 22.2. The molecule has 8 heteroatoms. The summed E-state index contributed by atoms with van der Waals surface area (Å²) >= 11 is 0. The van der Waals surface area contributed by atoms with Crippen LogP contribution in [0.15, 0.2) is 48.5 Å². The fraction of sp³-hybridized carbons (Fsp3) is 0.417. The van der Waals surface area contributed by atoms with Crippen molar-refractivity contribution >= 4 is 11.9 Å². The minimum Gasteiger partial charge on any atom is -0.486 e. The Morgan fingerprint density at radius 1 is 1.00 bits per heavy atom. The third-order valence-electron chi connectivity index (χ3n) is 5.68. The van der Waals surface area contributed by atoms with Crippen LogP contribution in [0.1, 0.15) is 22.3 Å². The molecule has 0 radical (unpaired) electrons. The monoisotopic (exact) mass is 443 g/mol. The molecule has 2 aliphatic rings. The number of nitrogens with zero attached hydrogens (tertiary/aromatic N) is 1. The average Bonchev–Trinajstić information content (AvgIpc) is 3.14. The van der Waals surface area contributed by atoms with Gasteiger partial charge in [0.1, 0.15) is 29.9 Å². The number of amides is 1. The summed E-state index contributed by atoms with van der Waals surface area (Å²) in [6.45, 7) is 1.65. The van der Waals surface area contributed by atoms with Gasteiger partial charge >= 0.3 is 5.97 Å². The number of hydrogen-bond donors (Lipinski definition) is 0. The van der Waals surface area contributed by atoms with Gasteiger partial charge in [0, 0.05) is 19.5 Å². The normalized spacial score (nSPS) is 21.0. The summed E-state index contributed by atoms with van der Waals surface area (Å²) < 4.78 is 35.6. The van der Waals surface area contributed by atoms with Crippen LogP contribution in [0.4, 0.5) is 4.39 Å². The van der Waals surface area contributed by atoms with Crippen molar-refractivity contribution in [3.8, 4) is 5.75 Å². The predicted octanol–water partition coefficient (Wildman–Crippen LogP) is 2.62. The van der Waals surface area contributed by atoms with E-state index in [0.717, 1.165) is 5.56 Å². The van der Waals surface area contributed by atoms with Gasteiger partial charge in [0.2, 0.25) is 5.91 Å². The lowest BCUT2D eigenvalue weighted by Crippen LogP contribution is -2.33. The quantitative estimate of drug-likeness (QED) is 0.639. The van der Waals surface area contributed by atoms with Crippen molar-refractivity contribution in [1.82, 2.24) is 4.90 Å². The molecule has 0 saturated carbocycles. The SMILES string of the molecule is COC(=O)c1ccc(OC2CO[C@H]3CN(C(=O)CCc4ccc(F)cc4)C[C@@H]3OC2)cc1. The minimum absolute atomic E-state index is 0.0353. The van der Waals surface area contributed by atoms with Crippen molar-refractivity contribution in [3.05, 3.63) is 65.5 Å². The summed E-state index contributed by atoms with van der Waals surface area (Å²) in [5, 5.41) is 0. The molecule has 170 valence electrons. The number of carbonyl (C=O) groups excluding carboxylic acids is 2. The van der Waals surface area contributed by atoms with E-state index in [2.05, 4.69) is 0 Å². The van der Waals surface area contributed by atoms with Gasteiger partial charge in [-0.15, -0.1) is 0 Å². The lowest BCUT2D eigenvalue weighted by atomic mass is 10.1. The van der Waals surface area contributed by atoms with Crippen molar-refractivity contribution in [2.75, 3.05) is 33.4 Å². The maximum absolute atomic E-state index is 13.0. The second-order valence-electron chi connectivity index (χ2n) is 7.92. The van der Waals surface area contributed by atoms with Crippen LogP contribution < -0.4 is 4.74 Å². The Bertz CT molecular complexity index is 917. The molecule has 0 aromatic heterocycles. The fourth-order valence-corrected chi connectivity index (χ4v) is 3.89. The maximum Gasteiger partial charge on any atom is 0.337 e. The number of benzene rings is 2. The van der Waals surface area contributed by atoms with Gasteiger partial charge in [-0.1, -0.05) is 12.1 Å². The number of ether oxygens (including phenoxy) is 4. The molecule has 2 atom stereocenters. The highest BCUT2D eigenvalue weighted by molar-refractivity contribution is 5.89. The first-order valence-corrected chi connectivity index (χ1v) is 10.6. The van der Waals surface area contributed by atoms with Gasteiger partial charge in [-0.05, 0) is 48.4 Å². The molecule has 2 saturated heterocycles. The summed E-state index contributed by atoms with van der Waals surface area (Å²) in [6, 6.07) is 12.9. The highest BCUT2D eigenvalue weighted by Gasteiger charge is 2.39. The summed E-state index contributed by atoms with van der Waals surface area (Å²) in [4.78, 5) is 25.9. The Morgan fingerprint density at radius 2 is 1.62 bits per heavy atom. The standard InChI is InChI=1S/C24H26FNO6/c1-29-24(28)17-5-9-19(10-6-17)32-20-14-30-21-12-26(13-22(21)31-15-20)23(27)11-4-16-2-7-18(25)8-3-16/h2-3,5-10,20-22H,4,11-15H2,1H3/t21-,22-/m0/s1. The molecule has 0 aliphatic carbocycles. The highest BCUT2D eigenvalue weighted by atomic mass is 19.1. The van der Waals surface area contributed by atoms with E-state index in [4.69, 9.17) is 18.9 Å². The lowest BCUT2D eigenvalue weighted by molar-refractivity contribution is -0.131. The van der Waals surface area contributed by atoms with E-state index < -0.39 is 5.97 Å². The second-order valence-corrected chi connectivity index (χ2v) is 7.92. The zero-order valence-corrected chi connectivity index (χ0v) is 17.9. The molecule has 32 heavy (non-hydrogen) atoms. The third-order valence-corrected chi connectivity index (χ3v) is 5.68. The van der Waals surface area contributed by atoms with Crippen LogP contribution in [-0.2, 0) is 25.4 Å². The molecule has 0 N–H and O–H groups in total. The smallest absolute Gasteiger partial charge is 0.337 e. The van der Waals surface area contributed by atoms with Crippen molar-refractivity contribution in [2.45, 2.75) is 31.2 Å². The molecular formula is C24H26FNO6. The van der Waals surface area contributed by atoms with Gasteiger partial charge in [0.05, 0.1) is 25.9 Å². The predicted molar refractivity (Wildman–Crippen MR) is 113 cm³/mol. The van der Waals surface area contributed by atoms with E-state index in [1.807, 2.05) is 0 Å². The van der Waals surface area contributed by atoms with Crippen LogP contribution in [0.25, 0.3) is 0 Å². The molecule has 7 nitrogen and oxygen atoms in total. The molecule has 2 aromatic carbocycles. The highest BCUT2D eigenvalue weighted by Crippen LogP contribution is 2.23. The Hall–Kier alpha value is -2.97. The number of halogens is 1. The molecule has 2 fully saturated rings. The van der Waals surface area contributed by atoms with Crippen molar-refractivity contribution in [1.29, 1.82) is 0 Å². The van der Waals surface area contributed by atoms with Crippen LogP contribution >= 0.6 is 0 Å². The van der Waals surface area contributed by atoms with E-state index >= 15 is 0 Å². The van der Waals surface area contributed by atoms with Gasteiger partial charge in [-0.3, -0.25) is 4.79 Å². The van der Waals surface area contributed by atoms with Crippen LogP contribution in [0.3, 0.4) is 0 Å². The number of carbonyl (C=O) groups is 2. The summed E-state index contributed by atoms with van der Waals surface area (Å²) in [6.07, 6.45) is 0.253. The zero-order chi connectivity index (χ0) is 22.5. The molecule has 2 aromatic rings. The van der Waals surface area contributed by atoms with Crippen LogP contribution in [0, 0.1) is 5.82 Å². The Labute approximate surface area is 186 Å². The van der Waals surface area contributed by atoms with Crippen LogP contribution in [-0.4, -0.2) is 68.5 Å². The zero-order valence-electron chi connectivity index (χ0n) is 17.9. The molecule has 0 bridgehead atoms. The first-order valence-electron chi connectivity index (χ1n) is 10.6. The Balaban J connectivity index is 1.24. The number of aryl methyl sites for hydroxylation is 1. The second kappa shape index (κ2) is 10.1. The number of fused-ring (bicyclic) bond motifs is 1. The van der Waals surface area contributed by atoms with Crippen molar-refractivity contribution in [3.63, 3.8) is 0 Å². The number of methoxy groups -OCH3 is 1. The third kappa shape index (κ3) is 5.44. The van der Waals surface area contributed by atoms with E-state index in [1.165, 1.54) is 19.2 Å². The van der Waals surface area contributed by atoms with E-state index in [0.29, 0.717) is 50.5 Å². The van der Waals surface area contributed by atoms with E-state index in [9.17, 15) is 14.0 Å². The topological polar surface area (TPSA) is 74.3 Å². The van der Waals surface area contributed by atoms with Gasteiger partial charge < -0.3 is 23.8 Å². The molecule has 2 heterocycles. The molecule has 0 unspecified atom stereocenters. The Morgan fingerprint density at radius 3 is 2.22 bits per heavy atom. The van der Waals surface area contributed by atoms with E-state index in [-0.39, 0.29) is 30.0 Å².